The van der Waals surface area contributed by atoms with Gasteiger partial charge in [0.1, 0.15) is 5.75 Å². The molecule has 94 valence electrons. The van der Waals surface area contributed by atoms with Gasteiger partial charge in [-0.2, -0.15) is 0 Å². The Morgan fingerprint density at radius 1 is 1.33 bits per heavy atom. The molecule has 0 N–H and O–H groups in total. The number of carbonyl (C=O) groups is 2. The molecule has 0 saturated heterocycles. The van der Waals surface area contributed by atoms with Crippen LogP contribution in [0.25, 0.3) is 0 Å². The Morgan fingerprint density at radius 3 is 2.61 bits per heavy atom. The fourth-order valence-electron chi connectivity index (χ4n) is 2.02. The molecule has 4 heteroatoms. The first-order valence-electron chi connectivity index (χ1n) is 5.85. The topological polar surface area (TPSA) is 46.6 Å². The van der Waals surface area contributed by atoms with E-state index >= 15 is 0 Å². The van der Waals surface area contributed by atoms with E-state index in [4.69, 9.17) is 4.74 Å². The molecule has 1 aliphatic heterocycles. The minimum Gasteiger partial charge on any atom is -0.410 e. The monoisotopic (exact) mass is 245 g/mol. The van der Waals surface area contributed by atoms with Crippen molar-refractivity contribution in [2.75, 3.05) is 0 Å². The minimum atomic E-state index is -0.623. The summed E-state index contributed by atoms with van der Waals surface area (Å²) < 4.78 is 5.17. The van der Waals surface area contributed by atoms with Crippen LogP contribution in [0, 0.1) is 0 Å². The van der Waals surface area contributed by atoms with E-state index in [0.29, 0.717) is 12.2 Å². The van der Waals surface area contributed by atoms with Crippen LogP contribution in [0.15, 0.2) is 42.0 Å². The zero-order valence-corrected chi connectivity index (χ0v) is 10.4. The van der Waals surface area contributed by atoms with E-state index in [1.807, 2.05) is 19.9 Å². The van der Waals surface area contributed by atoms with Gasteiger partial charge < -0.3 is 4.74 Å². The largest absolute Gasteiger partial charge is 0.422 e. The quantitative estimate of drug-likeness (QED) is 0.764. The van der Waals surface area contributed by atoms with Gasteiger partial charge in [0.15, 0.2) is 0 Å². The molecule has 0 fully saturated rings. The summed E-state index contributed by atoms with van der Waals surface area (Å²) in [5.41, 5.74) is 0.983. The van der Waals surface area contributed by atoms with Gasteiger partial charge in [0.25, 0.3) is 5.91 Å². The van der Waals surface area contributed by atoms with Crippen molar-refractivity contribution in [2.45, 2.75) is 26.3 Å². The summed E-state index contributed by atoms with van der Waals surface area (Å²) >= 11 is 0. The number of imide groups is 1. The van der Waals surface area contributed by atoms with Gasteiger partial charge in [0.05, 0.1) is 0 Å². The Balaban J connectivity index is 2.12. The molecule has 0 saturated carbocycles. The molecule has 1 aliphatic rings. The van der Waals surface area contributed by atoms with Gasteiger partial charge in [-0.15, -0.1) is 0 Å². The molecule has 0 unspecified atom stereocenters. The third-order valence-electron chi connectivity index (χ3n) is 2.81. The van der Waals surface area contributed by atoms with E-state index < -0.39 is 6.09 Å². The second kappa shape index (κ2) is 5.04. The van der Waals surface area contributed by atoms with Crippen LogP contribution in [0.5, 0.6) is 5.75 Å². The summed E-state index contributed by atoms with van der Waals surface area (Å²) in [6, 6.07) is 8.56. The fraction of sp³-hybridized carbons (Fsp3) is 0.286. The van der Waals surface area contributed by atoms with Gasteiger partial charge in [-0.05, 0) is 32.4 Å². The van der Waals surface area contributed by atoms with Crippen LogP contribution in [-0.2, 0) is 4.79 Å². The summed E-state index contributed by atoms with van der Waals surface area (Å²) in [5.74, 6) is 0.126. The van der Waals surface area contributed by atoms with Crippen molar-refractivity contribution in [2.24, 2.45) is 0 Å². The minimum absolute atomic E-state index is 0.168. The molecule has 1 heterocycles. The third kappa shape index (κ3) is 2.59. The molecule has 1 atom stereocenters. The molecule has 4 nitrogen and oxygen atoms in total. The number of rotatable bonds is 1. The maximum atomic E-state index is 11.9. The maximum absolute atomic E-state index is 11.9. The van der Waals surface area contributed by atoms with Crippen LogP contribution in [0.2, 0.25) is 0 Å². The Morgan fingerprint density at radius 2 is 2.00 bits per heavy atom. The SMILES string of the molecule is CC1=CC(=O)N(C(=O)Oc2ccccc2)[C@H](C)C1. The Labute approximate surface area is 106 Å². The molecule has 0 bridgehead atoms. The summed E-state index contributed by atoms with van der Waals surface area (Å²) in [5, 5.41) is 0. The van der Waals surface area contributed by atoms with E-state index in [1.54, 1.807) is 24.3 Å². The van der Waals surface area contributed by atoms with Gasteiger partial charge in [-0.3, -0.25) is 4.79 Å². The average Bonchev–Trinajstić information content (AvgIpc) is 2.28. The number of hydrogen-bond donors (Lipinski definition) is 0. The van der Waals surface area contributed by atoms with Crippen LogP contribution < -0.4 is 4.74 Å². The normalized spacial score (nSPS) is 19.4. The van der Waals surface area contributed by atoms with Gasteiger partial charge in [-0.25, -0.2) is 9.69 Å². The molecular weight excluding hydrogens is 230 g/mol. The van der Waals surface area contributed by atoms with Crippen molar-refractivity contribution < 1.29 is 14.3 Å². The van der Waals surface area contributed by atoms with E-state index in [0.717, 1.165) is 10.5 Å². The number of benzene rings is 1. The molecule has 0 radical (unpaired) electrons. The number of para-hydroxylation sites is 1. The van der Waals surface area contributed by atoms with Crippen LogP contribution in [0.4, 0.5) is 4.79 Å². The highest BCUT2D eigenvalue weighted by Crippen LogP contribution is 2.20. The zero-order valence-electron chi connectivity index (χ0n) is 10.4. The van der Waals surface area contributed by atoms with Crippen molar-refractivity contribution >= 4 is 12.0 Å². The van der Waals surface area contributed by atoms with Crippen molar-refractivity contribution in [1.82, 2.24) is 4.90 Å². The van der Waals surface area contributed by atoms with E-state index in [2.05, 4.69) is 0 Å². The zero-order chi connectivity index (χ0) is 13.1. The second-order valence-corrected chi connectivity index (χ2v) is 4.43. The van der Waals surface area contributed by atoms with Crippen molar-refractivity contribution in [3.05, 3.63) is 42.0 Å². The van der Waals surface area contributed by atoms with E-state index in [9.17, 15) is 9.59 Å². The van der Waals surface area contributed by atoms with Gasteiger partial charge >= 0.3 is 6.09 Å². The van der Waals surface area contributed by atoms with E-state index in [1.165, 1.54) is 6.08 Å². The Bertz CT molecular complexity index is 493. The lowest BCUT2D eigenvalue weighted by Gasteiger charge is -2.29. The highest BCUT2D eigenvalue weighted by molar-refractivity contribution is 6.00. The van der Waals surface area contributed by atoms with Crippen LogP contribution in [0.3, 0.4) is 0 Å². The third-order valence-corrected chi connectivity index (χ3v) is 2.81. The summed E-state index contributed by atoms with van der Waals surface area (Å²) in [6.45, 7) is 3.72. The fourth-order valence-corrected chi connectivity index (χ4v) is 2.02. The van der Waals surface area contributed by atoms with Crippen molar-refractivity contribution in [3.8, 4) is 5.75 Å². The Kier molecular flexibility index (Phi) is 3.46. The molecule has 1 aromatic rings. The second-order valence-electron chi connectivity index (χ2n) is 4.43. The lowest BCUT2D eigenvalue weighted by atomic mass is 10.0. The predicted molar refractivity (Wildman–Crippen MR) is 67.1 cm³/mol. The number of hydrogen-bond acceptors (Lipinski definition) is 3. The summed E-state index contributed by atoms with van der Waals surface area (Å²) in [7, 11) is 0. The number of nitrogens with zero attached hydrogens (tertiary/aromatic N) is 1. The van der Waals surface area contributed by atoms with E-state index in [-0.39, 0.29) is 11.9 Å². The molecule has 0 aromatic heterocycles. The number of carbonyl (C=O) groups excluding carboxylic acids is 2. The molecule has 0 spiro atoms. The van der Waals surface area contributed by atoms with Crippen LogP contribution in [0.1, 0.15) is 20.3 Å². The first-order valence-corrected chi connectivity index (χ1v) is 5.85. The van der Waals surface area contributed by atoms with Crippen LogP contribution >= 0.6 is 0 Å². The smallest absolute Gasteiger partial charge is 0.410 e. The number of ether oxygens (including phenoxy) is 1. The Hall–Kier alpha value is -2.10. The standard InChI is InChI=1S/C14H15NO3/c1-10-8-11(2)15(13(16)9-10)14(17)18-12-6-4-3-5-7-12/h3-7,9,11H,8H2,1-2H3/t11-/m1/s1. The molecule has 18 heavy (non-hydrogen) atoms. The highest BCUT2D eigenvalue weighted by Gasteiger charge is 2.30. The first-order chi connectivity index (χ1) is 8.58. The highest BCUT2D eigenvalue weighted by atomic mass is 16.6. The lowest BCUT2D eigenvalue weighted by molar-refractivity contribution is -0.126. The summed E-state index contributed by atoms with van der Waals surface area (Å²) in [6.07, 6.45) is 1.55. The first kappa shape index (κ1) is 12.4. The van der Waals surface area contributed by atoms with Gasteiger partial charge in [0.2, 0.25) is 0 Å². The molecule has 1 aromatic carbocycles. The molecule has 2 rings (SSSR count). The van der Waals surface area contributed by atoms with Crippen molar-refractivity contribution in [1.29, 1.82) is 0 Å². The molecular formula is C14H15NO3. The van der Waals surface area contributed by atoms with Crippen LogP contribution in [-0.4, -0.2) is 22.9 Å². The average molecular weight is 245 g/mol. The van der Waals surface area contributed by atoms with Crippen molar-refractivity contribution in [3.63, 3.8) is 0 Å². The van der Waals surface area contributed by atoms with Gasteiger partial charge in [-0.1, -0.05) is 23.8 Å². The molecule has 2 amide bonds. The lowest BCUT2D eigenvalue weighted by Crippen LogP contribution is -2.46. The predicted octanol–water partition coefficient (Wildman–Crippen LogP) is 2.75. The molecule has 0 aliphatic carbocycles. The number of amides is 2. The maximum Gasteiger partial charge on any atom is 0.422 e. The van der Waals surface area contributed by atoms with Gasteiger partial charge in [0, 0.05) is 12.1 Å². The summed E-state index contributed by atoms with van der Waals surface area (Å²) in [4.78, 5) is 24.9.